The summed E-state index contributed by atoms with van der Waals surface area (Å²) >= 11 is 6.07. The van der Waals surface area contributed by atoms with Crippen molar-refractivity contribution >= 4 is 17.4 Å². The maximum absolute atomic E-state index is 7.41. The van der Waals surface area contributed by atoms with Gasteiger partial charge in [0, 0.05) is 5.56 Å². The van der Waals surface area contributed by atoms with Crippen molar-refractivity contribution in [3.63, 3.8) is 0 Å². The van der Waals surface area contributed by atoms with Crippen molar-refractivity contribution in [1.82, 2.24) is 0 Å². The van der Waals surface area contributed by atoms with Crippen LogP contribution in [0.25, 0.3) is 0 Å². The van der Waals surface area contributed by atoms with Gasteiger partial charge in [0.15, 0.2) is 0 Å². The highest BCUT2D eigenvalue weighted by atomic mass is 35.5. The van der Waals surface area contributed by atoms with Gasteiger partial charge >= 0.3 is 0 Å². The molecule has 0 aliphatic carbocycles. The standard InChI is InChI=1S/C15H15ClN2O/c1-10-5-6-13(16)14(7-10)19-9-11-3-2-4-12(8-11)15(17)18/h2-8H,9H2,1H3,(H3,17,18). The molecule has 0 saturated heterocycles. The van der Waals surface area contributed by atoms with Gasteiger partial charge in [0.05, 0.1) is 5.02 Å². The molecule has 3 nitrogen and oxygen atoms in total. The van der Waals surface area contributed by atoms with E-state index in [4.69, 9.17) is 27.5 Å². The lowest BCUT2D eigenvalue weighted by molar-refractivity contribution is 0.306. The van der Waals surface area contributed by atoms with Crippen LogP contribution in [-0.2, 0) is 6.61 Å². The Bertz CT molecular complexity index is 611. The lowest BCUT2D eigenvalue weighted by atomic mass is 10.1. The fourth-order valence-corrected chi connectivity index (χ4v) is 1.88. The van der Waals surface area contributed by atoms with Crippen LogP contribution in [-0.4, -0.2) is 5.84 Å². The monoisotopic (exact) mass is 274 g/mol. The van der Waals surface area contributed by atoms with Gasteiger partial charge in [-0.25, -0.2) is 0 Å². The third kappa shape index (κ3) is 3.48. The molecule has 0 radical (unpaired) electrons. The first-order valence-corrected chi connectivity index (χ1v) is 6.26. The number of aryl methyl sites for hydroxylation is 1. The molecule has 0 unspecified atom stereocenters. The lowest BCUT2D eigenvalue weighted by Crippen LogP contribution is -2.11. The quantitative estimate of drug-likeness (QED) is 0.662. The third-order valence-electron chi connectivity index (χ3n) is 2.72. The molecule has 19 heavy (non-hydrogen) atoms. The van der Waals surface area contributed by atoms with E-state index in [1.165, 1.54) is 0 Å². The highest BCUT2D eigenvalue weighted by Crippen LogP contribution is 2.26. The molecular formula is C15H15ClN2O. The number of nitrogens with one attached hydrogen (secondary N) is 1. The van der Waals surface area contributed by atoms with Gasteiger partial charge in [-0.05, 0) is 36.2 Å². The molecule has 4 heteroatoms. The second-order valence-electron chi connectivity index (χ2n) is 4.34. The first-order chi connectivity index (χ1) is 9.06. The molecule has 0 amide bonds. The van der Waals surface area contributed by atoms with Crippen LogP contribution in [0.2, 0.25) is 5.02 Å². The molecule has 0 aliphatic rings. The summed E-state index contributed by atoms with van der Waals surface area (Å²) in [5.74, 6) is 0.713. The topological polar surface area (TPSA) is 59.1 Å². The number of hydrogen-bond acceptors (Lipinski definition) is 2. The number of nitrogen functional groups attached to an aromatic ring is 1. The molecule has 0 bridgehead atoms. The second-order valence-corrected chi connectivity index (χ2v) is 4.74. The number of rotatable bonds is 4. The smallest absolute Gasteiger partial charge is 0.138 e. The summed E-state index contributed by atoms with van der Waals surface area (Å²) < 4.78 is 5.70. The number of hydrogen-bond donors (Lipinski definition) is 2. The molecule has 0 atom stereocenters. The summed E-state index contributed by atoms with van der Waals surface area (Å²) in [4.78, 5) is 0. The van der Waals surface area contributed by atoms with Gasteiger partial charge in [-0.1, -0.05) is 35.9 Å². The predicted molar refractivity (Wildman–Crippen MR) is 78.0 cm³/mol. The number of nitrogens with two attached hydrogens (primary N) is 1. The van der Waals surface area contributed by atoms with Crippen LogP contribution in [0.3, 0.4) is 0 Å². The Morgan fingerprint density at radius 1 is 1.26 bits per heavy atom. The van der Waals surface area contributed by atoms with E-state index in [9.17, 15) is 0 Å². The maximum atomic E-state index is 7.41. The summed E-state index contributed by atoms with van der Waals surface area (Å²) in [5.41, 5.74) is 8.19. The van der Waals surface area contributed by atoms with Crippen LogP contribution < -0.4 is 10.5 Å². The summed E-state index contributed by atoms with van der Waals surface area (Å²) in [6, 6.07) is 13.1. The van der Waals surface area contributed by atoms with E-state index >= 15 is 0 Å². The van der Waals surface area contributed by atoms with Crippen molar-refractivity contribution < 1.29 is 4.74 Å². The highest BCUT2D eigenvalue weighted by Gasteiger charge is 2.03. The van der Waals surface area contributed by atoms with Crippen molar-refractivity contribution in [1.29, 1.82) is 5.41 Å². The highest BCUT2D eigenvalue weighted by molar-refractivity contribution is 6.32. The van der Waals surface area contributed by atoms with Gasteiger partial charge < -0.3 is 10.5 Å². The normalized spacial score (nSPS) is 10.2. The molecule has 0 heterocycles. The van der Waals surface area contributed by atoms with E-state index < -0.39 is 0 Å². The molecule has 0 fully saturated rings. The minimum absolute atomic E-state index is 0.0513. The van der Waals surface area contributed by atoms with Gasteiger partial charge in [-0.2, -0.15) is 0 Å². The zero-order valence-electron chi connectivity index (χ0n) is 10.6. The van der Waals surface area contributed by atoms with Crippen LogP contribution in [0, 0.1) is 12.3 Å². The summed E-state index contributed by atoms with van der Waals surface area (Å²) in [6.45, 7) is 2.38. The molecule has 3 N–H and O–H groups in total. The Morgan fingerprint density at radius 3 is 2.79 bits per heavy atom. The average molecular weight is 275 g/mol. The van der Waals surface area contributed by atoms with Crippen molar-refractivity contribution in [3.8, 4) is 5.75 Å². The Morgan fingerprint density at radius 2 is 2.05 bits per heavy atom. The van der Waals surface area contributed by atoms with Crippen LogP contribution in [0.15, 0.2) is 42.5 Å². The molecule has 2 aromatic carbocycles. The van der Waals surface area contributed by atoms with Crippen LogP contribution in [0.4, 0.5) is 0 Å². The maximum Gasteiger partial charge on any atom is 0.138 e. The molecule has 98 valence electrons. The van der Waals surface area contributed by atoms with Gasteiger partial charge in [-0.15, -0.1) is 0 Å². The molecule has 0 spiro atoms. The minimum Gasteiger partial charge on any atom is -0.487 e. The third-order valence-corrected chi connectivity index (χ3v) is 3.03. The number of halogens is 1. The predicted octanol–water partition coefficient (Wildman–Crippen LogP) is 3.51. The Kier molecular flexibility index (Phi) is 4.07. The molecule has 2 rings (SSSR count). The largest absolute Gasteiger partial charge is 0.487 e. The van der Waals surface area contributed by atoms with Crippen molar-refractivity contribution in [2.24, 2.45) is 5.73 Å². The fraction of sp³-hybridized carbons (Fsp3) is 0.133. The van der Waals surface area contributed by atoms with Gasteiger partial charge in [0.25, 0.3) is 0 Å². The molecule has 0 aromatic heterocycles. The van der Waals surface area contributed by atoms with E-state index in [0.29, 0.717) is 22.9 Å². The van der Waals surface area contributed by atoms with Crippen molar-refractivity contribution in [2.75, 3.05) is 0 Å². The van der Waals surface area contributed by atoms with E-state index in [1.54, 1.807) is 6.07 Å². The number of ether oxygens (including phenoxy) is 1. The molecular weight excluding hydrogens is 260 g/mol. The fourth-order valence-electron chi connectivity index (χ4n) is 1.71. The van der Waals surface area contributed by atoms with Gasteiger partial charge in [-0.3, -0.25) is 5.41 Å². The van der Waals surface area contributed by atoms with E-state index in [0.717, 1.165) is 11.1 Å². The van der Waals surface area contributed by atoms with Crippen molar-refractivity contribution in [3.05, 3.63) is 64.2 Å². The first-order valence-electron chi connectivity index (χ1n) is 5.88. The number of benzene rings is 2. The summed E-state index contributed by atoms with van der Waals surface area (Å²) in [7, 11) is 0. The summed E-state index contributed by atoms with van der Waals surface area (Å²) in [6.07, 6.45) is 0. The second kappa shape index (κ2) is 5.76. The zero-order chi connectivity index (χ0) is 13.8. The Balaban J connectivity index is 2.12. The van der Waals surface area contributed by atoms with Crippen LogP contribution >= 0.6 is 11.6 Å². The molecule has 2 aromatic rings. The van der Waals surface area contributed by atoms with E-state index in [1.807, 2.05) is 43.3 Å². The van der Waals surface area contributed by atoms with Crippen LogP contribution in [0.1, 0.15) is 16.7 Å². The van der Waals surface area contributed by atoms with Gasteiger partial charge in [0.1, 0.15) is 18.2 Å². The van der Waals surface area contributed by atoms with Gasteiger partial charge in [0.2, 0.25) is 0 Å². The Labute approximate surface area is 117 Å². The van der Waals surface area contributed by atoms with Crippen molar-refractivity contribution in [2.45, 2.75) is 13.5 Å². The number of amidine groups is 1. The van der Waals surface area contributed by atoms with Crippen LogP contribution in [0.5, 0.6) is 5.75 Å². The van der Waals surface area contributed by atoms with E-state index in [-0.39, 0.29) is 5.84 Å². The zero-order valence-corrected chi connectivity index (χ0v) is 11.4. The average Bonchev–Trinajstić information content (AvgIpc) is 2.40. The molecule has 0 aliphatic heterocycles. The first kappa shape index (κ1) is 13.4. The molecule has 0 saturated carbocycles. The summed E-state index contributed by atoms with van der Waals surface area (Å²) in [5, 5.41) is 8.00. The SMILES string of the molecule is Cc1ccc(Cl)c(OCc2cccc(C(=N)N)c2)c1. The Hall–Kier alpha value is -2.00. The lowest BCUT2D eigenvalue weighted by Gasteiger charge is -2.09. The minimum atomic E-state index is 0.0513. The van der Waals surface area contributed by atoms with E-state index in [2.05, 4.69) is 0 Å².